The van der Waals surface area contributed by atoms with Crippen LogP contribution in [-0.4, -0.2) is 15.2 Å². The Morgan fingerprint density at radius 1 is 1.38 bits per heavy atom. The monoisotopic (exact) mass is 181 g/mol. The van der Waals surface area contributed by atoms with Crippen LogP contribution in [0, 0.1) is 0 Å². The standard InChI is InChI=1S/C9H12N2O2/c1-3-7(12)9-10-5-6-11(9)8(13)4-2/h3-8,12-13H,1-2H2/p+1. The smallest absolute Gasteiger partial charge is 0.290 e. The Bertz CT molecular complexity index is 278. The van der Waals surface area contributed by atoms with Crippen LogP contribution in [-0.2, 0) is 0 Å². The molecule has 0 aliphatic carbocycles. The fourth-order valence-corrected chi connectivity index (χ4v) is 1.05. The second-order valence-corrected chi connectivity index (χ2v) is 2.58. The molecular formula is C9H13N2O2+. The Morgan fingerprint density at radius 2 is 2.08 bits per heavy atom. The molecule has 0 aromatic carbocycles. The first-order valence-electron chi connectivity index (χ1n) is 3.90. The van der Waals surface area contributed by atoms with Crippen molar-refractivity contribution in [3.63, 3.8) is 0 Å². The van der Waals surface area contributed by atoms with Gasteiger partial charge in [-0.3, -0.25) is 0 Å². The summed E-state index contributed by atoms with van der Waals surface area (Å²) in [5, 5.41) is 18.9. The van der Waals surface area contributed by atoms with Crippen LogP contribution >= 0.6 is 0 Å². The van der Waals surface area contributed by atoms with Gasteiger partial charge in [-0.1, -0.05) is 19.2 Å². The maximum absolute atomic E-state index is 9.43. The molecule has 0 amide bonds. The fraction of sp³-hybridized carbons (Fsp3) is 0.222. The maximum atomic E-state index is 9.43. The molecule has 2 unspecified atom stereocenters. The Morgan fingerprint density at radius 3 is 2.62 bits per heavy atom. The number of aliphatic hydroxyl groups excluding tert-OH is 2. The molecular weight excluding hydrogens is 168 g/mol. The summed E-state index contributed by atoms with van der Waals surface area (Å²) in [6.07, 6.45) is 4.33. The van der Waals surface area contributed by atoms with E-state index in [1.807, 2.05) is 0 Å². The zero-order valence-corrected chi connectivity index (χ0v) is 7.22. The highest BCUT2D eigenvalue weighted by molar-refractivity contribution is 4.93. The van der Waals surface area contributed by atoms with Crippen LogP contribution < -0.4 is 4.57 Å². The highest BCUT2D eigenvalue weighted by Gasteiger charge is 2.20. The number of rotatable bonds is 4. The minimum atomic E-state index is -0.837. The molecule has 0 saturated heterocycles. The number of aromatic amines is 1. The molecule has 0 bridgehead atoms. The lowest BCUT2D eigenvalue weighted by molar-refractivity contribution is -0.754. The molecule has 0 radical (unpaired) electrons. The summed E-state index contributed by atoms with van der Waals surface area (Å²) < 4.78 is 1.47. The lowest BCUT2D eigenvalue weighted by Crippen LogP contribution is -2.41. The molecule has 1 rings (SSSR count). The van der Waals surface area contributed by atoms with Crippen molar-refractivity contribution in [1.82, 2.24) is 4.98 Å². The van der Waals surface area contributed by atoms with E-state index in [2.05, 4.69) is 18.1 Å². The van der Waals surface area contributed by atoms with Crippen molar-refractivity contribution in [3.8, 4) is 0 Å². The molecule has 0 aliphatic heterocycles. The van der Waals surface area contributed by atoms with E-state index in [0.29, 0.717) is 5.82 Å². The van der Waals surface area contributed by atoms with E-state index >= 15 is 0 Å². The van der Waals surface area contributed by atoms with Crippen molar-refractivity contribution < 1.29 is 14.8 Å². The average molecular weight is 181 g/mol. The van der Waals surface area contributed by atoms with Gasteiger partial charge in [0, 0.05) is 0 Å². The van der Waals surface area contributed by atoms with E-state index in [9.17, 15) is 10.2 Å². The number of aromatic nitrogens is 2. The molecule has 0 saturated carbocycles. The molecule has 70 valence electrons. The fourth-order valence-electron chi connectivity index (χ4n) is 1.05. The lowest BCUT2D eigenvalue weighted by atomic mass is 10.3. The molecule has 1 aromatic heterocycles. The third-order valence-electron chi connectivity index (χ3n) is 1.74. The SMILES string of the molecule is C=CC(O)c1[nH]cc[n+]1C(O)C=C. The van der Waals surface area contributed by atoms with Crippen LogP contribution in [0.5, 0.6) is 0 Å². The van der Waals surface area contributed by atoms with Gasteiger partial charge in [-0.2, -0.15) is 0 Å². The van der Waals surface area contributed by atoms with Gasteiger partial charge < -0.3 is 10.2 Å². The first-order valence-corrected chi connectivity index (χ1v) is 3.90. The Labute approximate surface area is 76.5 Å². The number of nitrogens with one attached hydrogen (secondary N) is 1. The highest BCUT2D eigenvalue weighted by atomic mass is 16.3. The maximum Gasteiger partial charge on any atom is 0.290 e. The molecule has 0 fully saturated rings. The van der Waals surface area contributed by atoms with Crippen molar-refractivity contribution in [2.75, 3.05) is 0 Å². The molecule has 1 heterocycles. The van der Waals surface area contributed by atoms with Crippen LogP contribution in [0.25, 0.3) is 0 Å². The largest absolute Gasteiger partial charge is 0.377 e. The summed E-state index contributed by atoms with van der Waals surface area (Å²) in [5.74, 6) is 0.474. The number of imidazole rings is 1. The topological polar surface area (TPSA) is 60.1 Å². The number of hydrogen-bond donors (Lipinski definition) is 3. The van der Waals surface area contributed by atoms with Gasteiger partial charge in [0.25, 0.3) is 5.82 Å². The predicted octanol–water partition coefficient (Wildman–Crippen LogP) is 0.198. The van der Waals surface area contributed by atoms with Crippen molar-refractivity contribution in [2.24, 2.45) is 0 Å². The lowest BCUT2D eigenvalue weighted by Gasteiger charge is -2.05. The van der Waals surface area contributed by atoms with Gasteiger partial charge in [-0.15, -0.1) is 0 Å². The highest BCUT2D eigenvalue weighted by Crippen LogP contribution is 2.07. The van der Waals surface area contributed by atoms with Crippen molar-refractivity contribution in [3.05, 3.63) is 43.5 Å². The number of nitrogens with zero attached hydrogens (tertiary/aromatic N) is 1. The van der Waals surface area contributed by atoms with Crippen LogP contribution in [0.1, 0.15) is 18.2 Å². The van der Waals surface area contributed by atoms with Gasteiger partial charge in [0.15, 0.2) is 6.10 Å². The molecule has 2 atom stereocenters. The third kappa shape index (κ3) is 1.85. The van der Waals surface area contributed by atoms with Crippen LogP contribution in [0.3, 0.4) is 0 Å². The second kappa shape index (κ2) is 4.02. The minimum Gasteiger partial charge on any atom is -0.377 e. The van der Waals surface area contributed by atoms with E-state index in [1.165, 1.54) is 16.7 Å². The molecule has 13 heavy (non-hydrogen) atoms. The Balaban J connectivity index is 3.01. The Hall–Kier alpha value is -1.39. The normalized spacial score (nSPS) is 14.9. The van der Waals surface area contributed by atoms with Crippen LogP contribution in [0.15, 0.2) is 37.7 Å². The molecule has 4 heteroatoms. The quantitative estimate of drug-likeness (QED) is 0.459. The van der Waals surface area contributed by atoms with Crippen molar-refractivity contribution >= 4 is 0 Å². The van der Waals surface area contributed by atoms with Gasteiger partial charge in [-0.25, -0.2) is 9.55 Å². The summed E-state index contributed by atoms with van der Waals surface area (Å²) in [4.78, 5) is 2.81. The summed E-state index contributed by atoms with van der Waals surface area (Å²) in [6, 6.07) is 0. The number of aliphatic hydroxyl groups is 2. The molecule has 0 spiro atoms. The van der Waals surface area contributed by atoms with Crippen molar-refractivity contribution in [1.29, 1.82) is 0 Å². The molecule has 1 aromatic rings. The third-order valence-corrected chi connectivity index (χ3v) is 1.74. The second-order valence-electron chi connectivity index (χ2n) is 2.58. The van der Waals surface area contributed by atoms with Gasteiger partial charge >= 0.3 is 0 Å². The molecule has 3 N–H and O–H groups in total. The first-order chi connectivity index (χ1) is 6.20. The molecule has 4 nitrogen and oxygen atoms in total. The van der Waals surface area contributed by atoms with Gasteiger partial charge in [-0.05, 0) is 6.08 Å². The first kappa shape index (κ1) is 9.70. The van der Waals surface area contributed by atoms with Gasteiger partial charge in [0.1, 0.15) is 12.4 Å². The van der Waals surface area contributed by atoms with E-state index in [0.717, 1.165) is 0 Å². The Kier molecular flexibility index (Phi) is 3.00. The zero-order valence-electron chi connectivity index (χ0n) is 7.22. The number of H-pyrrole nitrogens is 1. The zero-order chi connectivity index (χ0) is 9.84. The summed E-state index contributed by atoms with van der Waals surface area (Å²) in [7, 11) is 0. The predicted molar refractivity (Wildman–Crippen MR) is 47.6 cm³/mol. The summed E-state index contributed by atoms with van der Waals surface area (Å²) in [6.45, 7) is 6.90. The van der Waals surface area contributed by atoms with E-state index < -0.39 is 12.3 Å². The minimum absolute atomic E-state index is 0.474. The molecule has 0 aliphatic rings. The average Bonchev–Trinajstić information content (AvgIpc) is 2.63. The van der Waals surface area contributed by atoms with Gasteiger partial charge in [0.2, 0.25) is 6.23 Å². The van der Waals surface area contributed by atoms with Gasteiger partial charge in [0.05, 0.1) is 0 Å². The van der Waals surface area contributed by atoms with Crippen molar-refractivity contribution in [2.45, 2.75) is 12.3 Å². The number of hydrogen-bond acceptors (Lipinski definition) is 2. The summed E-state index contributed by atoms with van der Waals surface area (Å²) in [5.41, 5.74) is 0. The summed E-state index contributed by atoms with van der Waals surface area (Å²) >= 11 is 0. The van der Waals surface area contributed by atoms with Crippen LogP contribution in [0.4, 0.5) is 0 Å². The van der Waals surface area contributed by atoms with E-state index in [-0.39, 0.29) is 0 Å². The van der Waals surface area contributed by atoms with Crippen LogP contribution in [0.2, 0.25) is 0 Å². The van der Waals surface area contributed by atoms with E-state index in [1.54, 1.807) is 12.4 Å². The van der Waals surface area contributed by atoms with E-state index in [4.69, 9.17) is 0 Å².